The maximum absolute atomic E-state index is 11.6. The van der Waals surface area contributed by atoms with Gasteiger partial charge in [0, 0.05) is 35.3 Å². The predicted octanol–water partition coefficient (Wildman–Crippen LogP) is 5.77. The van der Waals surface area contributed by atoms with Crippen LogP contribution in [0.3, 0.4) is 0 Å². The van der Waals surface area contributed by atoms with Crippen molar-refractivity contribution < 1.29 is 33.3 Å². The molecule has 9 heteroatoms. The van der Waals surface area contributed by atoms with Crippen LogP contribution in [0.5, 0.6) is 17.2 Å². The van der Waals surface area contributed by atoms with Gasteiger partial charge in [-0.3, -0.25) is 14.4 Å². The Bertz CT molecular complexity index is 1570. The lowest BCUT2D eigenvalue weighted by Gasteiger charge is -2.48. The van der Waals surface area contributed by atoms with Gasteiger partial charge in [-0.1, -0.05) is 77.8 Å². The molecule has 0 aromatic heterocycles. The molecular weight excluding hydrogens is 579 g/mol. The van der Waals surface area contributed by atoms with Crippen LogP contribution in [0.15, 0.2) is 72.8 Å². The van der Waals surface area contributed by atoms with Gasteiger partial charge in [-0.2, -0.15) is 0 Å². The molecule has 0 spiro atoms. The number of rotatable bonds is 0. The SMILES string of the molecule is O=C1C2COc3ccccc3C2C1(Cl)Cl.O=C1CC2c3ccccc3OCC12.O=C1CC2c3ccccc3OCC2O1. The van der Waals surface area contributed by atoms with Crippen LogP contribution in [0.1, 0.15) is 47.3 Å². The van der Waals surface area contributed by atoms with Crippen molar-refractivity contribution in [3.63, 3.8) is 0 Å². The maximum Gasteiger partial charge on any atom is 0.306 e. The van der Waals surface area contributed by atoms with Crippen molar-refractivity contribution in [2.45, 2.75) is 41.0 Å². The topological polar surface area (TPSA) is 88.1 Å². The molecule has 4 aliphatic heterocycles. The Kier molecular flexibility index (Phi) is 6.90. The first-order chi connectivity index (χ1) is 20.3. The molecular formula is C33H28Cl2O7. The second kappa shape index (κ2) is 10.6. The first-order valence-corrected chi connectivity index (χ1v) is 14.9. The maximum atomic E-state index is 11.6. The Hall–Kier alpha value is -3.55. The number of para-hydroxylation sites is 3. The molecule has 6 unspecified atom stereocenters. The highest BCUT2D eigenvalue weighted by atomic mass is 35.5. The van der Waals surface area contributed by atoms with E-state index in [9.17, 15) is 14.4 Å². The lowest BCUT2D eigenvalue weighted by atomic mass is 9.67. The molecule has 0 bridgehead atoms. The van der Waals surface area contributed by atoms with E-state index in [4.69, 9.17) is 42.1 Å². The second-order valence-corrected chi connectivity index (χ2v) is 12.7. The molecule has 0 radical (unpaired) electrons. The number of hydrogen-bond acceptors (Lipinski definition) is 7. The van der Waals surface area contributed by atoms with Gasteiger partial charge in [0.15, 0.2) is 10.1 Å². The molecule has 2 aliphatic carbocycles. The summed E-state index contributed by atoms with van der Waals surface area (Å²) in [5.74, 6) is 3.29. The van der Waals surface area contributed by atoms with Crippen LogP contribution in [-0.2, 0) is 19.1 Å². The van der Waals surface area contributed by atoms with Crippen molar-refractivity contribution in [1.29, 1.82) is 0 Å². The summed E-state index contributed by atoms with van der Waals surface area (Å²) < 4.78 is 20.4. The molecule has 7 nitrogen and oxygen atoms in total. The van der Waals surface area contributed by atoms with E-state index >= 15 is 0 Å². The largest absolute Gasteiger partial charge is 0.493 e. The number of ether oxygens (including phenoxy) is 4. The van der Waals surface area contributed by atoms with Gasteiger partial charge in [0.1, 0.15) is 35.7 Å². The van der Waals surface area contributed by atoms with Crippen molar-refractivity contribution in [1.82, 2.24) is 0 Å². The molecule has 2 saturated carbocycles. The summed E-state index contributed by atoms with van der Waals surface area (Å²) in [5.41, 5.74) is 3.27. The van der Waals surface area contributed by atoms with E-state index in [0.717, 1.165) is 28.4 Å². The van der Waals surface area contributed by atoms with Gasteiger partial charge in [0.25, 0.3) is 0 Å². The summed E-state index contributed by atoms with van der Waals surface area (Å²) in [6, 6.07) is 23.5. The fraction of sp³-hybridized carbons (Fsp3) is 0.364. The van der Waals surface area contributed by atoms with Crippen LogP contribution in [0, 0.1) is 11.8 Å². The molecule has 0 amide bonds. The minimum absolute atomic E-state index is 0.0719. The normalized spacial score (nSPS) is 29.8. The quantitative estimate of drug-likeness (QED) is 0.237. The standard InChI is InChI=1S/C11H8Cl2O2.C11H10O3.C11H10O2/c12-11(13)9-6-3-1-2-4-8(6)15-5-7(9)10(11)14;12-11-5-8-7-3-1-2-4-9(7)13-6-10(8)14-11;12-10-5-8-7-3-1-2-4-11(7)13-6-9(8)10/h1-4,7,9H,5H2;1-4,8,10H,5-6H2;1-4,8-9H,5-6H2. The Labute approximate surface area is 253 Å². The van der Waals surface area contributed by atoms with Crippen LogP contribution < -0.4 is 14.2 Å². The molecule has 3 aromatic rings. The average Bonchev–Trinajstić information content (AvgIpc) is 3.41. The number of esters is 1. The second-order valence-electron chi connectivity index (χ2n) is 11.3. The predicted molar refractivity (Wildman–Crippen MR) is 155 cm³/mol. The van der Waals surface area contributed by atoms with Gasteiger partial charge in [0.2, 0.25) is 0 Å². The lowest BCUT2D eigenvalue weighted by molar-refractivity contribution is -0.142. The van der Waals surface area contributed by atoms with Gasteiger partial charge < -0.3 is 18.9 Å². The van der Waals surface area contributed by atoms with Crippen LogP contribution in [0.2, 0.25) is 0 Å². The zero-order valence-electron chi connectivity index (χ0n) is 22.5. The first-order valence-electron chi connectivity index (χ1n) is 14.1. The lowest BCUT2D eigenvalue weighted by Crippen LogP contribution is -2.58. The highest BCUT2D eigenvalue weighted by Crippen LogP contribution is 2.58. The summed E-state index contributed by atoms with van der Waals surface area (Å²) in [6.07, 6.45) is 1.13. The van der Waals surface area contributed by atoms with Crippen LogP contribution >= 0.6 is 23.2 Å². The van der Waals surface area contributed by atoms with E-state index in [1.165, 1.54) is 5.56 Å². The highest BCUT2D eigenvalue weighted by Gasteiger charge is 2.63. The molecule has 9 rings (SSSR count). The number of benzene rings is 3. The van der Waals surface area contributed by atoms with Gasteiger partial charge in [-0.25, -0.2) is 0 Å². The summed E-state index contributed by atoms with van der Waals surface area (Å²) >= 11 is 12.0. The number of carbonyl (C=O) groups is 3. The van der Waals surface area contributed by atoms with Crippen molar-refractivity contribution in [3.05, 3.63) is 89.5 Å². The summed E-state index contributed by atoms with van der Waals surface area (Å²) in [7, 11) is 0. The van der Waals surface area contributed by atoms with Crippen LogP contribution in [0.25, 0.3) is 0 Å². The minimum Gasteiger partial charge on any atom is -0.493 e. The van der Waals surface area contributed by atoms with Gasteiger partial charge in [-0.15, -0.1) is 0 Å². The number of Topliss-reactive ketones (excluding diaryl/α,β-unsaturated/α-hetero) is 2. The number of carbonyl (C=O) groups excluding carboxylic acids is 3. The Morgan fingerprint density at radius 2 is 1.12 bits per heavy atom. The third-order valence-corrected chi connectivity index (χ3v) is 9.87. The van der Waals surface area contributed by atoms with Gasteiger partial charge >= 0.3 is 5.97 Å². The Balaban J connectivity index is 0.000000103. The number of hydrogen-bond donors (Lipinski definition) is 0. The molecule has 3 fully saturated rings. The van der Waals surface area contributed by atoms with E-state index in [1.54, 1.807) is 0 Å². The minimum atomic E-state index is -1.26. The first kappa shape index (κ1) is 27.3. The fourth-order valence-electron chi connectivity index (χ4n) is 6.71. The molecule has 6 atom stereocenters. The molecule has 1 saturated heterocycles. The molecule has 3 aromatic carbocycles. The fourth-order valence-corrected chi connectivity index (χ4v) is 7.53. The number of halogens is 2. The Morgan fingerprint density at radius 1 is 0.595 bits per heavy atom. The smallest absolute Gasteiger partial charge is 0.306 e. The van der Waals surface area contributed by atoms with Crippen LogP contribution in [-0.4, -0.2) is 47.8 Å². The number of fused-ring (bicyclic) bond motifs is 9. The summed E-state index contributed by atoms with van der Waals surface area (Å²) in [5, 5.41) is 0. The highest BCUT2D eigenvalue weighted by molar-refractivity contribution is 6.61. The van der Waals surface area contributed by atoms with Crippen LogP contribution in [0.4, 0.5) is 0 Å². The molecule has 0 N–H and O–H groups in total. The number of ketones is 2. The molecule has 6 aliphatic rings. The monoisotopic (exact) mass is 606 g/mol. The number of alkyl halides is 2. The van der Waals surface area contributed by atoms with Crippen molar-refractivity contribution >= 4 is 40.7 Å². The third kappa shape index (κ3) is 4.54. The van der Waals surface area contributed by atoms with E-state index < -0.39 is 4.33 Å². The molecule has 4 heterocycles. The summed E-state index contributed by atoms with van der Waals surface area (Å²) in [4.78, 5) is 33.9. The van der Waals surface area contributed by atoms with Gasteiger partial charge in [-0.05, 0) is 23.8 Å². The molecule has 216 valence electrons. The zero-order chi connectivity index (χ0) is 29.0. The van der Waals surface area contributed by atoms with E-state index in [2.05, 4.69) is 6.07 Å². The van der Waals surface area contributed by atoms with E-state index in [1.807, 2.05) is 66.7 Å². The average molecular weight is 607 g/mol. The van der Waals surface area contributed by atoms with E-state index in [-0.39, 0.29) is 41.5 Å². The van der Waals surface area contributed by atoms with Crippen molar-refractivity contribution in [2.24, 2.45) is 11.8 Å². The molecule has 42 heavy (non-hydrogen) atoms. The van der Waals surface area contributed by atoms with Crippen molar-refractivity contribution in [3.8, 4) is 17.2 Å². The van der Waals surface area contributed by atoms with Crippen molar-refractivity contribution in [2.75, 3.05) is 19.8 Å². The third-order valence-electron chi connectivity index (χ3n) is 9.03. The van der Waals surface area contributed by atoms with Gasteiger partial charge in [0.05, 0.1) is 31.5 Å². The Morgan fingerprint density at radius 3 is 1.76 bits per heavy atom. The zero-order valence-corrected chi connectivity index (χ0v) is 24.1. The summed E-state index contributed by atoms with van der Waals surface area (Å²) in [6.45, 7) is 1.47. The van der Waals surface area contributed by atoms with E-state index in [0.29, 0.717) is 44.4 Å².